The van der Waals surface area contributed by atoms with Gasteiger partial charge in [-0.2, -0.15) is 4.98 Å². The first-order valence-electron chi connectivity index (χ1n) is 6.43. The van der Waals surface area contributed by atoms with Crippen LogP contribution in [0.4, 0.5) is 0 Å². The van der Waals surface area contributed by atoms with E-state index >= 15 is 0 Å². The van der Waals surface area contributed by atoms with Crippen molar-refractivity contribution >= 4 is 15.9 Å². The zero-order valence-corrected chi connectivity index (χ0v) is 12.7. The van der Waals surface area contributed by atoms with E-state index in [9.17, 15) is 0 Å². The molecule has 0 fully saturated rings. The first-order valence-corrected chi connectivity index (χ1v) is 7.22. The van der Waals surface area contributed by atoms with E-state index in [0.29, 0.717) is 24.1 Å². The fraction of sp³-hybridized carbons (Fsp3) is 0.429. The lowest BCUT2D eigenvalue weighted by Crippen LogP contribution is -2.18. The number of aromatic nitrogens is 2. The lowest BCUT2D eigenvalue weighted by Gasteiger charge is -2.12. The van der Waals surface area contributed by atoms with Crippen molar-refractivity contribution in [2.75, 3.05) is 0 Å². The highest BCUT2D eigenvalue weighted by atomic mass is 79.9. The van der Waals surface area contributed by atoms with Crippen LogP contribution in [0, 0.1) is 5.92 Å². The molecule has 2 rings (SSSR count). The Hall–Kier alpha value is -1.20. The van der Waals surface area contributed by atoms with Crippen molar-refractivity contribution in [3.63, 3.8) is 0 Å². The number of halogens is 1. The summed E-state index contributed by atoms with van der Waals surface area (Å²) < 4.78 is 6.31. The summed E-state index contributed by atoms with van der Waals surface area (Å²) in [6.45, 7) is 4.19. The standard InChI is InChI=1S/C14H18BrN3O/c1-3-9(2)13(16)14-17-12(18-19-14)8-10-6-4-5-7-11(10)15/h4-7,9,13H,3,8,16H2,1-2H3/t9-,13-/m0/s1. The minimum absolute atomic E-state index is 0.189. The first-order chi connectivity index (χ1) is 9.11. The summed E-state index contributed by atoms with van der Waals surface area (Å²) in [6, 6.07) is 7.82. The van der Waals surface area contributed by atoms with Gasteiger partial charge in [0.25, 0.3) is 0 Å². The number of rotatable bonds is 5. The molecule has 4 nitrogen and oxygen atoms in total. The van der Waals surface area contributed by atoms with Crippen molar-refractivity contribution in [3.05, 3.63) is 46.0 Å². The maximum atomic E-state index is 6.08. The Morgan fingerprint density at radius 1 is 1.37 bits per heavy atom. The maximum absolute atomic E-state index is 6.08. The zero-order valence-electron chi connectivity index (χ0n) is 11.1. The smallest absolute Gasteiger partial charge is 0.243 e. The van der Waals surface area contributed by atoms with Gasteiger partial charge >= 0.3 is 0 Å². The molecule has 0 bridgehead atoms. The molecule has 102 valence electrons. The Morgan fingerprint density at radius 3 is 2.79 bits per heavy atom. The average molecular weight is 324 g/mol. The van der Waals surface area contributed by atoms with Crippen molar-refractivity contribution in [1.29, 1.82) is 0 Å². The van der Waals surface area contributed by atoms with Gasteiger partial charge in [0.05, 0.1) is 6.04 Å². The monoisotopic (exact) mass is 323 g/mol. The molecule has 19 heavy (non-hydrogen) atoms. The molecule has 0 saturated carbocycles. The van der Waals surface area contributed by atoms with Crippen LogP contribution in [0.3, 0.4) is 0 Å². The fourth-order valence-electron chi connectivity index (χ4n) is 1.78. The van der Waals surface area contributed by atoms with Gasteiger partial charge in [0.1, 0.15) is 0 Å². The van der Waals surface area contributed by atoms with Crippen molar-refractivity contribution in [2.24, 2.45) is 11.7 Å². The highest BCUT2D eigenvalue weighted by molar-refractivity contribution is 9.10. The molecule has 0 spiro atoms. The van der Waals surface area contributed by atoms with Crippen LogP contribution in [0.25, 0.3) is 0 Å². The van der Waals surface area contributed by atoms with Gasteiger partial charge in [-0.15, -0.1) is 0 Å². The van der Waals surface area contributed by atoms with Crippen LogP contribution in [-0.4, -0.2) is 10.1 Å². The normalized spacial score (nSPS) is 14.3. The molecular weight excluding hydrogens is 306 g/mol. The number of hydrogen-bond acceptors (Lipinski definition) is 4. The van der Waals surface area contributed by atoms with Gasteiger partial charge in [-0.25, -0.2) is 0 Å². The SMILES string of the molecule is CC[C@H](C)[C@H](N)c1nc(Cc2ccccc2Br)no1. The molecule has 1 aromatic carbocycles. The highest BCUT2D eigenvalue weighted by Crippen LogP contribution is 2.22. The largest absolute Gasteiger partial charge is 0.338 e. The third-order valence-corrected chi connectivity index (χ3v) is 4.11. The van der Waals surface area contributed by atoms with Crippen LogP contribution < -0.4 is 5.73 Å². The van der Waals surface area contributed by atoms with Crippen molar-refractivity contribution in [2.45, 2.75) is 32.7 Å². The Bertz CT molecular complexity index is 541. The summed E-state index contributed by atoms with van der Waals surface area (Å²) in [6.07, 6.45) is 1.63. The van der Waals surface area contributed by atoms with Gasteiger partial charge in [0.15, 0.2) is 5.82 Å². The van der Waals surface area contributed by atoms with E-state index in [1.54, 1.807) is 0 Å². The van der Waals surface area contributed by atoms with E-state index in [0.717, 1.165) is 16.5 Å². The van der Waals surface area contributed by atoms with Crippen molar-refractivity contribution < 1.29 is 4.52 Å². The Kier molecular flexibility index (Phi) is 4.71. The van der Waals surface area contributed by atoms with Crippen LogP contribution in [0.5, 0.6) is 0 Å². The van der Waals surface area contributed by atoms with E-state index in [1.165, 1.54) is 0 Å². The Balaban J connectivity index is 2.12. The molecule has 2 N–H and O–H groups in total. The highest BCUT2D eigenvalue weighted by Gasteiger charge is 2.20. The number of hydrogen-bond donors (Lipinski definition) is 1. The summed E-state index contributed by atoms with van der Waals surface area (Å²) in [5.74, 6) is 1.52. The fourth-order valence-corrected chi connectivity index (χ4v) is 2.21. The summed E-state index contributed by atoms with van der Waals surface area (Å²) in [7, 11) is 0. The minimum atomic E-state index is -0.189. The molecule has 0 amide bonds. The second-order valence-electron chi connectivity index (χ2n) is 4.73. The third-order valence-electron chi connectivity index (χ3n) is 3.33. The molecule has 0 radical (unpaired) electrons. The molecule has 1 aromatic heterocycles. The van der Waals surface area contributed by atoms with Gasteiger partial charge in [-0.1, -0.05) is 59.6 Å². The summed E-state index contributed by atoms with van der Waals surface area (Å²) >= 11 is 3.51. The van der Waals surface area contributed by atoms with Crippen molar-refractivity contribution in [3.8, 4) is 0 Å². The van der Waals surface area contributed by atoms with Gasteiger partial charge < -0.3 is 10.3 Å². The lowest BCUT2D eigenvalue weighted by atomic mass is 10.0. The van der Waals surface area contributed by atoms with Crippen LogP contribution in [0.1, 0.15) is 43.6 Å². The van der Waals surface area contributed by atoms with Gasteiger partial charge in [-0.3, -0.25) is 0 Å². The number of nitrogens with two attached hydrogens (primary N) is 1. The average Bonchev–Trinajstić information content (AvgIpc) is 2.88. The molecule has 0 aliphatic carbocycles. The Labute approximate surface area is 121 Å². The second-order valence-corrected chi connectivity index (χ2v) is 5.58. The van der Waals surface area contributed by atoms with Crippen molar-refractivity contribution in [1.82, 2.24) is 10.1 Å². The van der Waals surface area contributed by atoms with Gasteiger partial charge in [-0.05, 0) is 17.5 Å². The lowest BCUT2D eigenvalue weighted by molar-refractivity contribution is 0.310. The van der Waals surface area contributed by atoms with E-state index < -0.39 is 0 Å². The molecule has 0 aliphatic heterocycles. The molecule has 1 heterocycles. The van der Waals surface area contributed by atoms with Gasteiger partial charge in [0.2, 0.25) is 5.89 Å². The van der Waals surface area contributed by atoms with E-state index in [1.807, 2.05) is 24.3 Å². The summed E-state index contributed by atoms with van der Waals surface area (Å²) in [5, 5.41) is 4.00. The molecular formula is C14H18BrN3O. The van der Waals surface area contributed by atoms with Crippen LogP contribution in [-0.2, 0) is 6.42 Å². The van der Waals surface area contributed by atoms with Crippen LogP contribution in [0.15, 0.2) is 33.3 Å². The van der Waals surface area contributed by atoms with E-state index in [2.05, 4.69) is 39.9 Å². The van der Waals surface area contributed by atoms with Gasteiger partial charge in [0, 0.05) is 10.9 Å². The predicted molar refractivity (Wildman–Crippen MR) is 77.6 cm³/mol. The zero-order chi connectivity index (χ0) is 13.8. The predicted octanol–water partition coefficient (Wildman–Crippen LogP) is 3.47. The quantitative estimate of drug-likeness (QED) is 0.914. The number of nitrogens with zero attached hydrogens (tertiary/aromatic N) is 2. The molecule has 0 unspecified atom stereocenters. The molecule has 2 atom stereocenters. The van der Waals surface area contributed by atoms with E-state index in [-0.39, 0.29) is 6.04 Å². The minimum Gasteiger partial charge on any atom is -0.338 e. The maximum Gasteiger partial charge on any atom is 0.243 e. The molecule has 0 aliphatic rings. The number of benzene rings is 1. The van der Waals surface area contributed by atoms with Crippen LogP contribution in [0.2, 0.25) is 0 Å². The topological polar surface area (TPSA) is 64.9 Å². The third kappa shape index (κ3) is 3.42. The summed E-state index contributed by atoms with van der Waals surface area (Å²) in [4.78, 5) is 4.39. The molecule has 2 aromatic rings. The summed E-state index contributed by atoms with van der Waals surface area (Å²) in [5.41, 5.74) is 7.21. The Morgan fingerprint density at radius 2 is 2.11 bits per heavy atom. The van der Waals surface area contributed by atoms with E-state index in [4.69, 9.17) is 10.3 Å². The second kappa shape index (κ2) is 6.30. The molecule has 0 saturated heterocycles. The molecule has 5 heteroatoms. The van der Waals surface area contributed by atoms with Crippen LogP contribution >= 0.6 is 15.9 Å². The first kappa shape index (κ1) is 14.2.